The second-order valence-corrected chi connectivity index (χ2v) is 8.47. The lowest BCUT2D eigenvalue weighted by molar-refractivity contribution is -0.125. The van der Waals surface area contributed by atoms with Crippen molar-refractivity contribution in [2.45, 2.75) is 44.1 Å². The van der Waals surface area contributed by atoms with Gasteiger partial charge in [0, 0.05) is 37.8 Å². The van der Waals surface area contributed by atoms with E-state index in [0.717, 1.165) is 12.8 Å². The van der Waals surface area contributed by atoms with E-state index in [9.17, 15) is 22.8 Å². The van der Waals surface area contributed by atoms with E-state index in [0.29, 0.717) is 23.8 Å². The summed E-state index contributed by atoms with van der Waals surface area (Å²) in [6.45, 7) is 2.01. The van der Waals surface area contributed by atoms with Crippen molar-refractivity contribution < 1.29 is 22.7 Å². The molecule has 0 aromatic carbocycles. The van der Waals surface area contributed by atoms with Gasteiger partial charge in [-0.15, -0.1) is 0 Å². The normalized spacial score (nSPS) is 21.7. The van der Waals surface area contributed by atoms with Crippen molar-refractivity contribution in [2.24, 2.45) is 5.92 Å². The number of ether oxygens (including phenoxy) is 1. The number of alkyl halides is 2. The van der Waals surface area contributed by atoms with Gasteiger partial charge in [-0.3, -0.25) is 14.5 Å². The number of hydrogen-bond donors (Lipinski definition) is 2. The number of nitrogens with one attached hydrogen (secondary N) is 2. The molecule has 0 spiro atoms. The monoisotopic (exact) mass is 450 g/mol. The molecule has 4 rings (SSSR count). The Morgan fingerprint density at radius 3 is 2.84 bits per heavy atom. The Labute approximate surface area is 183 Å². The van der Waals surface area contributed by atoms with Crippen molar-refractivity contribution in [1.29, 1.82) is 0 Å². The first-order chi connectivity index (χ1) is 15.2. The number of anilines is 1. The molecule has 2 aromatic rings. The van der Waals surface area contributed by atoms with Crippen molar-refractivity contribution in [3.8, 4) is 5.75 Å². The van der Waals surface area contributed by atoms with Crippen LogP contribution < -0.4 is 15.6 Å². The van der Waals surface area contributed by atoms with Gasteiger partial charge >= 0.3 is 0 Å². The fourth-order valence-electron chi connectivity index (χ4n) is 3.74. The lowest BCUT2D eigenvalue weighted by Gasteiger charge is -2.40. The van der Waals surface area contributed by atoms with E-state index in [2.05, 4.69) is 15.3 Å². The predicted octanol–water partition coefficient (Wildman–Crippen LogP) is 3.15. The number of carbonyl (C=O) groups is 1. The Morgan fingerprint density at radius 2 is 2.19 bits per heavy atom. The van der Waals surface area contributed by atoms with Gasteiger partial charge in [0.05, 0.1) is 24.8 Å². The molecule has 2 aromatic heterocycles. The molecule has 172 valence electrons. The Balaban J connectivity index is 1.40. The Bertz CT molecular complexity index is 1020. The molecule has 10 heteroatoms. The minimum atomic E-state index is -2.98. The number of likely N-dealkylation sites (tertiary alicyclic amines) is 1. The van der Waals surface area contributed by atoms with E-state index >= 15 is 0 Å². The minimum absolute atomic E-state index is 0.00525. The molecule has 1 amide bonds. The van der Waals surface area contributed by atoms with Crippen molar-refractivity contribution in [1.82, 2.24) is 14.9 Å². The van der Waals surface area contributed by atoms with Crippen LogP contribution in [0.1, 0.15) is 37.7 Å². The van der Waals surface area contributed by atoms with Gasteiger partial charge in [0.25, 0.3) is 5.92 Å². The molecule has 1 aliphatic carbocycles. The van der Waals surface area contributed by atoms with Crippen LogP contribution in [-0.2, 0) is 4.79 Å². The minimum Gasteiger partial charge on any atom is -0.492 e. The molecular weight excluding hydrogens is 425 g/mol. The van der Waals surface area contributed by atoms with Crippen molar-refractivity contribution in [3.05, 3.63) is 52.3 Å². The number of aromatic amines is 1. The number of halogens is 3. The molecule has 2 aliphatic rings. The van der Waals surface area contributed by atoms with E-state index in [1.165, 1.54) is 30.6 Å². The van der Waals surface area contributed by atoms with E-state index in [1.807, 2.05) is 0 Å². The highest BCUT2D eigenvalue weighted by molar-refractivity contribution is 5.93. The van der Waals surface area contributed by atoms with Gasteiger partial charge in [-0.05, 0) is 31.2 Å². The Morgan fingerprint density at radius 1 is 1.41 bits per heavy atom. The summed E-state index contributed by atoms with van der Waals surface area (Å²) in [6.07, 6.45) is 4.40. The summed E-state index contributed by atoms with van der Waals surface area (Å²) in [5.41, 5.74) is -0.0858. The van der Waals surface area contributed by atoms with Gasteiger partial charge < -0.3 is 15.0 Å². The van der Waals surface area contributed by atoms with Crippen molar-refractivity contribution in [2.75, 3.05) is 25.0 Å². The molecule has 1 saturated carbocycles. The Hall–Kier alpha value is -2.88. The third-order valence-corrected chi connectivity index (χ3v) is 6.04. The molecular formula is C22H25F3N4O3. The van der Waals surface area contributed by atoms with Crippen LogP contribution in [-0.4, -0.2) is 52.4 Å². The SMILES string of the molecule is CC(C(=O)Nc1ncc(OCC2CC2)cc1F)N1CCC(F)(F)C(c2ccc(=O)[nH]c2)C1. The highest BCUT2D eigenvalue weighted by atomic mass is 19.3. The van der Waals surface area contributed by atoms with Gasteiger partial charge in [0.15, 0.2) is 11.6 Å². The van der Waals surface area contributed by atoms with Crippen LogP contribution in [0.15, 0.2) is 35.4 Å². The average molecular weight is 450 g/mol. The molecule has 0 radical (unpaired) electrons. The standard InChI is InChI=1S/C22H25F3N4O3/c1-13(21(31)28-20-18(23)8-16(10-27-20)32-12-14-2-3-14)29-7-6-22(24,25)17(11-29)15-4-5-19(30)26-9-15/h4-5,8-10,13-14,17H,2-3,6-7,11-12H2,1H3,(H,26,30)(H,27,28,31). The summed E-state index contributed by atoms with van der Waals surface area (Å²) in [7, 11) is 0. The van der Waals surface area contributed by atoms with E-state index in [4.69, 9.17) is 4.74 Å². The number of pyridine rings is 2. The van der Waals surface area contributed by atoms with Gasteiger partial charge in [0.1, 0.15) is 5.75 Å². The number of amides is 1. The van der Waals surface area contributed by atoms with Crippen LogP contribution in [0.2, 0.25) is 0 Å². The summed E-state index contributed by atoms with van der Waals surface area (Å²) in [4.78, 5) is 31.9. The smallest absolute Gasteiger partial charge is 0.257 e. The maximum atomic E-state index is 14.6. The molecule has 1 saturated heterocycles. The Kier molecular flexibility index (Phi) is 6.23. The van der Waals surface area contributed by atoms with Crippen LogP contribution in [0.4, 0.5) is 19.0 Å². The van der Waals surface area contributed by atoms with Crippen LogP contribution in [0, 0.1) is 11.7 Å². The zero-order valence-corrected chi connectivity index (χ0v) is 17.6. The van der Waals surface area contributed by atoms with Gasteiger partial charge in [0.2, 0.25) is 11.5 Å². The first kappa shape index (κ1) is 22.3. The zero-order valence-electron chi connectivity index (χ0n) is 17.6. The van der Waals surface area contributed by atoms with Gasteiger partial charge in [-0.2, -0.15) is 0 Å². The number of rotatable bonds is 7. The highest BCUT2D eigenvalue weighted by Gasteiger charge is 2.46. The molecule has 3 heterocycles. The van der Waals surface area contributed by atoms with E-state index in [-0.39, 0.29) is 24.5 Å². The molecule has 32 heavy (non-hydrogen) atoms. The maximum Gasteiger partial charge on any atom is 0.257 e. The summed E-state index contributed by atoms with van der Waals surface area (Å²) in [5.74, 6) is -4.86. The molecule has 2 atom stereocenters. The van der Waals surface area contributed by atoms with E-state index < -0.39 is 36.0 Å². The topological polar surface area (TPSA) is 87.3 Å². The van der Waals surface area contributed by atoms with Gasteiger partial charge in [-0.1, -0.05) is 6.07 Å². The number of H-pyrrole nitrogens is 1. The summed E-state index contributed by atoms with van der Waals surface area (Å²) >= 11 is 0. The molecule has 0 bridgehead atoms. The third kappa shape index (κ3) is 5.12. The molecule has 7 nitrogen and oxygen atoms in total. The van der Waals surface area contributed by atoms with Crippen molar-refractivity contribution >= 4 is 11.7 Å². The second-order valence-electron chi connectivity index (χ2n) is 8.47. The zero-order chi connectivity index (χ0) is 22.9. The average Bonchev–Trinajstić information content (AvgIpc) is 3.59. The maximum absolute atomic E-state index is 14.6. The molecule has 2 unspecified atom stereocenters. The predicted molar refractivity (Wildman–Crippen MR) is 111 cm³/mol. The number of aromatic nitrogens is 2. The number of piperidine rings is 1. The number of nitrogens with zero attached hydrogens (tertiary/aromatic N) is 2. The first-order valence-electron chi connectivity index (χ1n) is 10.6. The first-order valence-corrected chi connectivity index (χ1v) is 10.6. The molecule has 2 fully saturated rings. The summed E-state index contributed by atoms with van der Waals surface area (Å²) in [6, 6.07) is 2.96. The van der Waals surface area contributed by atoms with Crippen LogP contribution in [0.25, 0.3) is 0 Å². The molecule has 1 aliphatic heterocycles. The lowest BCUT2D eigenvalue weighted by atomic mass is 9.87. The number of hydrogen-bond acceptors (Lipinski definition) is 5. The van der Waals surface area contributed by atoms with Crippen LogP contribution >= 0.6 is 0 Å². The highest BCUT2D eigenvalue weighted by Crippen LogP contribution is 2.40. The second kappa shape index (κ2) is 8.93. The fourth-order valence-corrected chi connectivity index (χ4v) is 3.74. The third-order valence-electron chi connectivity index (χ3n) is 6.04. The van der Waals surface area contributed by atoms with Crippen LogP contribution in [0.5, 0.6) is 5.75 Å². The van der Waals surface area contributed by atoms with E-state index in [1.54, 1.807) is 11.8 Å². The largest absolute Gasteiger partial charge is 0.492 e. The number of carbonyl (C=O) groups excluding carboxylic acids is 1. The van der Waals surface area contributed by atoms with Crippen molar-refractivity contribution in [3.63, 3.8) is 0 Å². The lowest BCUT2D eigenvalue weighted by Crippen LogP contribution is -2.52. The molecule has 2 N–H and O–H groups in total. The van der Waals surface area contributed by atoms with Crippen LogP contribution in [0.3, 0.4) is 0 Å². The quantitative estimate of drug-likeness (QED) is 0.677. The summed E-state index contributed by atoms with van der Waals surface area (Å²) < 4.78 is 49.0. The fraction of sp³-hybridized carbons (Fsp3) is 0.500. The summed E-state index contributed by atoms with van der Waals surface area (Å²) in [5, 5.41) is 2.44. The van der Waals surface area contributed by atoms with Gasteiger partial charge in [-0.25, -0.2) is 18.2 Å².